The van der Waals surface area contributed by atoms with Gasteiger partial charge >= 0.3 is 0 Å². The molecule has 1 heteroatoms. The molecule has 0 unspecified atom stereocenters. The Morgan fingerprint density at radius 1 is 0.938 bits per heavy atom. The summed E-state index contributed by atoms with van der Waals surface area (Å²) in [6.45, 7) is 14.7. The average Bonchev–Trinajstić information content (AvgIpc) is 2.21. The largest absolute Gasteiger partial charge is 0.508 e. The molecule has 0 spiro atoms. The van der Waals surface area contributed by atoms with Gasteiger partial charge in [0.25, 0.3) is 0 Å². The Bertz CT molecular complexity index is 241. The van der Waals surface area contributed by atoms with Crippen LogP contribution >= 0.6 is 0 Å². The molecule has 94 valence electrons. The van der Waals surface area contributed by atoms with E-state index in [1.165, 1.54) is 12.0 Å². The summed E-state index contributed by atoms with van der Waals surface area (Å²) < 4.78 is 0. The maximum absolute atomic E-state index is 9.02. The Morgan fingerprint density at radius 2 is 1.25 bits per heavy atom. The number of aromatic hydroxyl groups is 1. The molecule has 0 aliphatic heterocycles. The zero-order chi connectivity index (χ0) is 13.2. The second-order valence-corrected chi connectivity index (χ2v) is 4.50. The molecule has 0 aliphatic carbocycles. The van der Waals surface area contributed by atoms with Crippen LogP contribution in [0.3, 0.4) is 0 Å². The van der Waals surface area contributed by atoms with E-state index in [0.717, 1.165) is 0 Å². The molecular weight excluding hydrogens is 196 g/mol. The van der Waals surface area contributed by atoms with E-state index in [2.05, 4.69) is 34.6 Å². The normalized spacial score (nSPS) is 9.44. The summed E-state index contributed by atoms with van der Waals surface area (Å²) in [6, 6.07) is 7.35. The van der Waals surface area contributed by atoms with Crippen molar-refractivity contribution in [2.24, 2.45) is 0 Å². The number of hydrogen-bond acceptors (Lipinski definition) is 1. The lowest BCUT2D eigenvalue weighted by Crippen LogP contribution is -2.10. The molecule has 0 heterocycles. The van der Waals surface area contributed by atoms with Crippen LogP contribution in [0.25, 0.3) is 0 Å². The summed E-state index contributed by atoms with van der Waals surface area (Å²) in [4.78, 5) is 0. The Balaban J connectivity index is 0. The van der Waals surface area contributed by atoms with Gasteiger partial charge in [0.05, 0.1) is 0 Å². The molecule has 1 nitrogen and oxygen atoms in total. The second-order valence-electron chi connectivity index (χ2n) is 4.50. The molecule has 0 fully saturated rings. The van der Waals surface area contributed by atoms with Crippen LogP contribution in [0.4, 0.5) is 0 Å². The molecule has 0 atom stereocenters. The summed E-state index contributed by atoms with van der Waals surface area (Å²) in [5.74, 6) is 0.331. The molecule has 1 aromatic carbocycles. The summed E-state index contributed by atoms with van der Waals surface area (Å²) in [7, 11) is 0. The van der Waals surface area contributed by atoms with Crippen LogP contribution in [0.1, 0.15) is 60.5 Å². The van der Waals surface area contributed by atoms with Crippen molar-refractivity contribution in [1.29, 1.82) is 0 Å². The molecule has 1 N–H and O–H groups in total. The van der Waals surface area contributed by atoms with Crippen molar-refractivity contribution in [3.05, 3.63) is 29.8 Å². The molecule has 1 rings (SSSR count). The van der Waals surface area contributed by atoms with Crippen molar-refractivity contribution >= 4 is 0 Å². The van der Waals surface area contributed by atoms with Gasteiger partial charge in [-0.3, -0.25) is 0 Å². The monoisotopic (exact) mass is 224 g/mol. The molecule has 1 aromatic rings. The van der Waals surface area contributed by atoms with Crippen LogP contribution in [0.5, 0.6) is 5.75 Å². The standard InChI is InChI=1S/C10H14O.C3H8.C2H6/c1-10(2,3)8-4-6-9(11)7-5-8;1-3-2;1-2/h4-7,11H,1-3H3;3H2,1-2H3;1-2H3. The fraction of sp³-hybridized carbons (Fsp3) is 0.600. The minimum atomic E-state index is 0.174. The molecule has 16 heavy (non-hydrogen) atoms. The Kier molecular flexibility index (Phi) is 10.1. The molecule has 0 bridgehead atoms. The molecule has 0 aliphatic rings. The zero-order valence-corrected chi connectivity index (χ0v) is 12.0. The number of phenols is 1. The van der Waals surface area contributed by atoms with Gasteiger partial charge in [0.1, 0.15) is 5.75 Å². The van der Waals surface area contributed by atoms with Crippen molar-refractivity contribution < 1.29 is 5.11 Å². The maximum Gasteiger partial charge on any atom is 0.115 e. The molecule has 0 aromatic heterocycles. The van der Waals surface area contributed by atoms with Crippen LogP contribution in [-0.4, -0.2) is 5.11 Å². The SMILES string of the molecule is CC.CC(C)(C)c1ccc(O)cc1.CCC. The lowest BCUT2D eigenvalue weighted by atomic mass is 9.87. The summed E-state index contributed by atoms with van der Waals surface area (Å²) in [5, 5.41) is 9.02. The molecular formula is C15H28O. The van der Waals surface area contributed by atoms with Gasteiger partial charge < -0.3 is 5.11 Å². The topological polar surface area (TPSA) is 20.2 Å². The number of hydrogen-bond donors (Lipinski definition) is 1. The lowest BCUT2D eigenvalue weighted by Gasteiger charge is -2.18. The van der Waals surface area contributed by atoms with Gasteiger partial charge in [-0.05, 0) is 23.1 Å². The Hall–Kier alpha value is -0.980. The van der Waals surface area contributed by atoms with E-state index in [4.69, 9.17) is 5.11 Å². The van der Waals surface area contributed by atoms with Gasteiger partial charge in [0, 0.05) is 0 Å². The van der Waals surface area contributed by atoms with Crippen LogP contribution < -0.4 is 0 Å². The quantitative estimate of drug-likeness (QED) is 0.647. The first kappa shape index (κ1) is 17.4. The minimum absolute atomic E-state index is 0.174. The highest BCUT2D eigenvalue weighted by Crippen LogP contribution is 2.23. The fourth-order valence-corrected chi connectivity index (χ4v) is 0.961. The van der Waals surface area contributed by atoms with E-state index in [9.17, 15) is 0 Å². The second kappa shape index (κ2) is 9.26. The Labute approximate surface area is 102 Å². The number of rotatable bonds is 0. The number of phenolic OH excluding ortho intramolecular Hbond substituents is 1. The van der Waals surface area contributed by atoms with Crippen LogP contribution in [0, 0.1) is 0 Å². The minimum Gasteiger partial charge on any atom is -0.508 e. The molecule has 0 radical (unpaired) electrons. The summed E-state index contributed by atoms with van der Waals surface area (Å²) in [6.07, 6.45) is 1.25. The van der Waals surface area contributed by atoms with Crippen molar-refractivity contribution in [2.45, 2.75) is 60.3 Å². The zero-order valence-electron chi connectivity index (χ0n) is 12.0. The first-order valence-electron chi connectivity index (χ1n) is 6.21. The van der Waals surface area contributed by atoms with E-state index in [0.29, 0.717) is 5.75 Å². The van der Waals surface area contributed by atoms with E-state index in [1.807, 2.05) is 26.0 Å². The predicted octanol–water partition coefficient (Wildman–Crippen LogP) is 5.13. The van der Waals surface area contributed by atoms with Gasteiger partial charge in [-0.25, -0.2) is 0 Å². The van der Waals surface area contributed by atoms with Crippen LogP contribution in [0.2, 0.25) is 0 Å². The predicted molar refractivity (Wildman–Crippen MR) is 74.1 cm³/mol. The smallest absolute Gasteiger partial charge is 0.115 e. The van der Waals surface area contributed by atoms with Gasteiger partial charge in [0.15, 0.2) is 0 Å². The summed E-state index contributed by atoms with van der Waals surface area (Å²) >= 11 is 0. The van der Waals surface area contributed by atoms with Gasteiger partial charge in [-0.15, -0.1) is 0 Å². The van der Waals surface area contributed by atoms with Crippen molar-refractivity contribution in [2.75, 3.05) is 0 Å². The lowest BCUT2D eigenvalue weighted by molar-refractivity contribution is 0.474. The van der Waals surface area contributed by atoms with Crippen molar-refractivity contribution in [3.8, 4) is 5.75 Å². The van der Waals surface area contributed by atoms with E-state index in [-0.39, 0.29) is 5.41 Å². The maximum atomic E-state index is 9.02. The fourth-order valence-electron chi connectivity index (χ4n) is 0.961. The van der Waals surface area contributed by atoms with Gasteiger partial charge in [-0.2, -0.15) is 0 Å². The van der Waals surface area contributed by atoms with Gasteiger partial charge in [-0.1, -0.05) is 67.0 Å². The third-order valence-corrected chi connectivity index (χ3v) is 1.73. The van der Waals surface area contributed by atoms with E-state index in [1.54, 1.807) is 12.1 Å². The average molecular weight is 224 g/mol. The van der Waals surface area contributed by atoms with E-state index >= 15 is 0 Å². The summed E-state index contributed by atoms with van der Waals surface area (Å²) in [5.41, 5.74) is 1.42. The van der Waals surface area contributed by atoms with Crippen molar-refractivity contribution in [3.63, 3.8) is 0 Å². The van der Waals surface area contributed by atoms with Crippen molar-refractivity contribution in [1.82, 2.24) is 0 Å². The van der Waals surface area contributed by atoms with Gasteiger partial charge in [0.2, 0.25) is 0 Å². The third-order valence-electron chi connectivity index (χ3n) is 1.73. The first-order chi connectivity index (χ1) is 7.41. The number of benzene rings is 1. The highest BCUT2D eigenvalue weighted by atomic mass is 16.3. The third kappa shape index (κ3) is 8.34. The highest BCUT2D eigenvalue weighted by Gasteiger charge is 2.12. The molecule has 0 amide bonds. The molecule has 0 saturated carbocycles. The van der Waals surface area contributed by atoms with Crippen LogP contribution in [-0.2, 0) is 5.41 Å². The highest BCUT2D eigenvalue weighted by molar-refractivity contribution is 5.29. The Morgan fingerprint density at radius 3 is 1.50 bits per heavy atom. The van der Waals surface area contributed by atoms with Crippen LogP contribution in [0.15, 0.2) is 24.3 Å². The molecule has 0 saturated heterocycles. The first-order valence-corrected chi connectivity index (χ1v) is 6.21. The van der Waals surface area contributed by atoms with E-state index < -0.39 is 0 Å².